The molecule has 0 saturated carbocycles. The molecule has 0 aliphatic carbocycles. The first-order valence-corrected chi connectivity index (χ1v) is 4.44. The van der Waals surface area contributed by atoms with E-state index in [1.165, 1.54) is 4.90 Å². The summed E-state index contributed by atoms with van der Waals surface area (Å²) in [6.45, 7) is 3.93. The number of nitrogens with zero attached hydrogens (tertiary/aromatic N) is 2. The van der Waals surface area contributed by atoms with E-state index in [-0.39, 0.29) is 11.9 Å². The summed E-state index contributed by atoms with van der Waals surface area (Å²) in [5.41, 5.74) is 1.27. The first-order valence-electron chi connectivity index (χ1n) is 4.44. The number of hydrogen-bond donors (Lipinski definition) is 2. The van der Waals surface area contributed by atoms with Gasteiger partial charge in [0.2, 0.25) is 0 Å². The Morgan fingerprint density at radius 3 is 2.67 bits per heavy atom. The lowest BCUT2D eigenvalue weighted by Crippen LogP contribution is -2.29. The molecule has 0 atom stereocenters. The largest absolute Gasteiger partial charge is 0.327 e. The molecule has 2 amide bonds. The molecule has 2 N–H and O–H groups in total. The number of nitrogens with one attached hydrogen (secondary N) is 2. The zero-order valence-corrected chi connectivity index (χ0v) is 8.03. The highest BCUT2D eigenvalue weighted by Crippen LogP contribution is 2.12. The van der Waals surface area contributed by atoms with Gasteiger partial charge in [-0.25, -0.2) is 4.79 Å². The highest BCUT2D eigenvalue weighted by Gasteiger charge is 2.28. The number of amides is 2. The Labute approximate surface area is 86.9 Å². The molecule has 1 aliphatic rings. The first kappa shape index (κ1) is 9.39. The van der Waals surface area contributed by atoms with Gasteiger partial charge in [0, 0.05) is 12.4 Å². The van der Waals surface area contributed by atoms with Gasteiger partial charge in [-0.05, 0) is 17.7 Å². The number of carbonyl (C=O) groups is 1. The minimum Gasteiger partial charge on any atom is -0.305 e. The molecule has 0 bridgehead atoms. The first-order chi connectivity index (χ1) is 7.18. The van der Waals surface area contributed by atoms with E-state index >= 15 is 0 Å². The molecule has 0 unspecified atom stereocenters. The van der Waals surface area contributed by atoms with E-state index in [1.54, 1.807) is 12.4 Å². The van der Waals surface area contributed by atoms with Crippen LogP contribution in [0.2, 0.25) is 0 Å². The van der Waals surface area contributed by atoms with E-state index in [2.05, 4.69) is 16.9 Å². The van der Waals surface area contributed by atoms with Crippen LogP contribution < -0.4 is 5.32 Å². The van der Waals surface area contributed by atoms with Crippen LogP contribution in [-0.4, -0.2) is 21.8 Å². The molecular formula is C10H10N4O. The van der Waals surface area contributed by atoms with Crippen LogP contribution in [0.25, 0.3) is 0 Å². The Morgan fingerprint density at radius 1 is 1.47 bits per heavy atom. The van der Waals surface area contributed by atoms with Gasteiger partial charge in [-0.3, -0.25) is 15.3 Å². The Kier molecular flexibility index (Phi) is 2.21. The second-order valence-electron chi connectivity index (χ2n) is 3.20. The lowest BCUT2D eigenvalue weighted by atomic mass is 10.2. The Bertz CT molecular complexity index is 426. The van der Waals surface area contributed by atoms with E-state index in [9.17, 15) is 4.79 Å². The molecule has 0 radical (unpaired) electrons. The molecule has 0 aromatic carbocycles. The summed E-state index contributed by atoms with van der Waals surface area (Å²) in [6, 6.07) is 3.31. The molecule has 1 aromatic heterocycles. The monoisotopic (exact) mass is 202 g/mol. The van der Waals surface area contributed by atoms with Crippen LogP contribution in [-0.2, 0) is 6.54 Å². The fourth-order valence-electron chi connectivity index (χ4n) is 1.34. The highest BCUT2D eigenvalue weighted by molar-refractivity contribution is 6.12. The van der Waals surface area contributed by atoms with Crippen molar-refractivity contribution in [3.8, 4) is 0 Å². The third-order valence-electron chi connectivity index (χ3n) is 2.15. The topological polar surface area (TPSA) is 69.1 Å². The number of urea groups is 1. The van der Waals surface area contributed by atoms with Gasteiger partial charge in [-0.2, -0.15) is 0 Å². The molecule has 0 spiro atoms. The summed E-state index contributed by atoms with van der Waals surface area (Å²) in [5.74, 6) is 0.122. The molecule has 5 heteroatoms. The predicted molar refractivity (Wildman–Crippen MR) is 55.2 cm³/mol. The molecule has 1 aliphatic heterocycles. The smallest absolute Gasteiger partial charge is 0.305 e. The van der Waals surface area contributed by atoms with Crippen LogP contribution in [0.4, 0.5) is 4.79 Å². The highest BCUT2D eigenvalue weighted by atomic mass is 16.2. The van der Waals surface area contributed by atoms with Gasteiger partial charge < -0.3 is 5.32 Å². The number of pyridine rings is 1. The fraction of sp³-hybridized carbons (Fsp3) is 0.100. The van der Waals surface area contributed by atoms with Crippen LogP contribution in [0.15, 0.2) is 36.8 Å². The van der Waals surface area contributed by atoms with Crippen molar-refractivity contribution in [2.24, 2.45) is 0 Å². The number of aromatic nitrogens is 1. The van der Waals surface area contributed by atoms with Gasteiger partial charge in [0.05, 0.1) is 12.2 Å². The van der Waals surface area contributed by atoms with Crippen LogP contribution in [0, 0.1) is 5.41 Å². The summed E-state index contributed by atoms with van der Waals surface area (Å²) in [5, 5.41) is 10.1. The van der Waals surface area contributed by atoms with E-state index in [1.807, 2.05) is 12.1 Å². The molecule has 2 rings (SSSR count). The molecule has 1 aromatic rings. The third-order valence-corrected chi connectivity index (χ3v) is 2.15. The molecule has 1 fully saturated rings. The molecule has 15 heavy (non-hydrogen) atoms. The van der Waals surface area contributed by atoms with E-state index in [4.69, 9.17) is 5.41 Å². The van der Waals surface area contributed by atoms with E-state index in [0.29, 0.717) is 12.2 Å². The third kappa shape index (κ3) is 1.71. The van der Waals surface area contributed by atoms with Crippen molar-refractivity contribution >= 4 is 11.9 Å². The van der Waals surface area contributed by atoms with Gasteiger partial charge in [-0.15, -0.1) is 0 Å². The van der Waals surface area contributed by atoms with Crippen LogP contribution in [0.1, 0.15) is 5.56 Å². The van der Waals surface area contributed by atoms with Crippen molar-refractivity contribution in [3.63, 3.8) is 0 Å². The van der Waals surface area contributed by atoms with E-state index in [0.717, 1.165) is 5.56 Å². The average Bonchev–Trinajstić information content (AvgIpc) is 2.47. The van der Waals surface area contributed by atoms with Gasteiger partial charge in [-0.1, -0.05) is 6.58 Å². The molecule has 2 heterocycles. The normalized spacial score (nSPS) is 15.7. The van der Waals surface area contributed by atoms with Gasteiger partial charge in [0.15, 0.2) is 5.84 Å². The lowest BCUT2D eigenvalue weighted by molar-refractivity contribution is 0.227. The van der Waals surface area contributed by atoms with Gasteiger partial charge >= 0.3 is 6.03 Å². The minimum absolute atomic E-state index is 0.122. The zero-order valence-electron chi connectivity index (χ0n) is 8.03. The van der Waals surface area contributed by atoms with Crippen LogP contribution in [0.5, 0.6) is 0 Å². The van der Waals surface area contributed by atoms with Crippen molar-refractivity contribution < 1.29 is 4.79 Å². The molecule has 76 valence electrons. The average molecular weight is 202 g/mol. The van der Waals surface area contributed by atoms with Crippen molar-refractivity contribution in [3.05, 3.63) is 42.4 Å². The van der Waals surface area contributed by atoms with Crippen molar-refractivity contribution in [1.29, 1.82) is 5.41 Å². The molecule has 5 nitrogen and oxygen atoms in total. The number of hydrogen-bond acceptors (Lipinski definition) is 3. The SMILES string of the molecule is C=C1NC(=O)N(Cc2ccncc2)C1=N. The second-order valence-corrected chi connectivity index (χ2v) is 3.20. The maximum absolute atomic E-state index is 11.4. The lowest BCUT2D eigenvalue weighted by Gasteiger charge is -2.13. The van der Waals surface area contributed by atoms with Crippen molar-refractivity contribution in [2.75, 3.05) is 0 Å². The number of rotatable bonds is 2. The quantitative estimate of drug-likeness (QED) is 0.753. The maximum Gasteiger partial charge on any atom is 0.327 e. The standard InChI is InChI=1S/C10H10N4O/c1-7-9(11)14(10(15)13-7)6-8-2-4-12-5-3-8/h2-5,11H,1,6H2,(H,13,15). The zero-order chi connectivity index (χ0) is 10.8. The van der Waals surface area contributed by atoms with Gasteiger partial charge in [0.1, 0.15) is 0 Å². The summed E-state index contributed by atoms with van der Waals surface area (Å²) in [4.78, 5) is 16.6. The summed E-state index contributed by atoms with van der Waals surface area (Å²) in [6.07, 6.45) is 3.31. The molecule has 1 saturated heterocycles. The fourth-order valence-corrected chi connectivity index (χ4v) is 1.34. The summed E-state index contributed by atoms with van der Waals surface area (Å²) >= 11 is 0. The maximum atomic E-state index is 11.4. The van der Waals surface area contributed by atoms with Crippen LogP contribution in [0.3, 0.4) is 0 Å². The Hall–Kier alpha value is -2.17. The predicted octanol–water partition coefficient (Wildman–Crippen LogP) is 1.10. The Balaban J connectivity index is 2.16. The molecular weight excluding hydrogens is 192 g/mol. The summed E-state index contributed by atoms with van der Waals surface area (Å²) in [7, 11) is 0. The summed E-state index contributed by atoms with van der Waals surface area (Å²) < 4.78 is 0. The second kappa shape index (κ2) is 3.53. The van der Waals surface area contributed by atoms with E-state index < -0.39 is 0 Å². The van der Waals surface area contributed by atoms with Crippen molar-refractivity contribution in [2.45, 2.75) is 6.54 Å². The number of carbonyl (C=O) groups excluding carboxylic acids is 1. The Morgan fingerprint density at radius 2 is 2.13 bits per heavy atom. The minimum atomic E-state index is -0.304. The van der Waals surface area contributed by atoms with Crippen LogP contribution >= 0.6 is 0 Å². The van der Waals surface area contributed by atoms with Gasteiger partial charge in [0.25, 0.3) is 0 Å². The number of amidine groups is 1. The van der Waals surface area contributed by atoms with Crippen molar-refractivity contribution in [1.82, 2.24) is 15.2 Å².